The van der Waals surface area contributed by atoms with Crippen LogP contribution in [0.25, 0.3) is 0 Å². The van der Waals surface area contributed by atoms with Gasteiger partial charge in [-0.2, -0.15) is 0 Å². The quantitative estimate of drug-likeness (QED) is 0.478. The van der Waals surface area contributed by atoms with E-state index in [0.29, 0.717) is 0 Å². The molecule has 0 spiro atoms. The molecule has 0 bridgehead atoms. The van der Waals surface area contributed by atoms with Crippen molar-refractivity contribution in [3.8, 4) is 0 Å². The average molecular weight is 237 g/mol. The molecule has 3 heteroatoms. The number of hydrogen-bond acceptors (Lipinski definition) is 2. The molecule has 1 heterocycles. The van der Waals surface area contributed by atoms with E-state index in [0.717, 1.165) is 6.67 Å². The highest BCUT2D eigenvalue weighted by Crippen LogP contribution is 2.01. The van der Waals surface area contributed by atoms with Gasteiger partial charge in [0.2, 0.25) is 0 Å². The average Bonchev–Trinajstić information content (AvgIpc) is 2.14. The lowest BCUT2D eigenvalue weighted by atomic mass is 10.8. The maximum absolute atomic E-state index is 3.63. The lowest BCUT2D eigenvalue weighted by molar-refractivity contribution is -0.00000171. The van der Waals surface area contributed by atoms with E-state index in [1.54, 1.807) is 6.20 Å². The fraction of sp³-hybridized carbons (Fsp3) is 0.333. The van der Waals surface area contributed by atoms with Gasteiger partial charge < -0.3 is 33.8 Å². The molecule has 0 saturated heterocycles. The molecular formula is C6H10IN2-. The van der Waals surface area contributed by atoms with Gasteiger partial charge in [0.05, 0.1) is 6.67 Å². The van der Waals surface area contributed by atoms with Gasteiger partial charge in [0, 0.05) is 19.4 Å². The minimum Gasteiger partial charge on any atom is -1.00 e. The van der Waals surface area contributed by atoms with Crippen LogP contribution >= 0.6 is 0 Å². The van der Waals surface area contributed by atoms with Crippen LogP contribution in [0.15, 0.2) is 25.2 Å². The summed E-state index contributed by atoms with van der Waals surface area (Å²) >= 11 is 0. The largest absolute Gasteiger partial charge is 1.00 e. The van der Waals surface area contributed by atoms with E-state index in [9.17, 15) is 0 Å². The van der Waals surface area contributed by atoms with E-state index >= 15 is 0 Å². The van der Waals surface area contributed by atoms with Gasteiger partial charge >= 0.3 is 0 Å². The van der Waals surface area contributed by atoms with E-state index in [4.69, 9.17) is 0 Å². The second-order valence-electron chi connectivity index (χ2n) is 1.89. The second-order valence-corrected chi connectivity index (χ2v) is 1.89. The molecule has 9 heavy (non-hydrogen) atoms. The van der Waals surface area contributed by atoms with Crippen molar-refractivity contribution in [1.82, 2.24) is 9.80 Å². The molecule has 52 valence electrons. The molecule has 0 aliphatic carbocycles. The molecule has 2 nitrogen and oxygen atoms in total. The third kappa shape index (κ3) is 2.26. The molecule has 0 saturated carbocycles. The Labute approximate surface area is 72.8 Å². The zero-order valence-electron chi connectivity index (χ0n) is 5.42. The molecule has 1 aliphatic heterocycles. The van der Waals surface area contributed by atoms with Crippen molar-refractivity contribution in [1.29, 1.82) is 0 Å². The van der Waals surface area contributed by atoms with E-state index in [2.05, 4.69) is 11.5 Å². The maximum atomic E-state index is 3.63. The molecule has 0 unspecified atom stereocenters. The highest BCUT2D eigenvalue weighted by Gasteiger charge is 2.01. The molecule has 0 N–H and O–H groups in total. The van der Waals surface area contributed by atoms with Gasteiger partial charge in [-0.05, 0) is 6.20 Å². The third-order valence-corrected chi connectivity index (χ3v) is 1.13. The minimum absolute atomic E-state index is 0. The van der Waals surface area contributed by atoms with Crippen LogP contribution < -0.4 is 24.0 Å². The summed E-state index contributed by atoms with van der Waals surface area (Å²) < 4.78 is 0. The Hall–Kier alpha value is -0.190. The number of rotatable bonds is 1. The Morgan fingerprint density at radius 1 is 1.56 bits per heavy atom. The van der Waals surface area contributed by atoms with Crippen molar-refractivity contribution in [3.63, 3.8) is 0 Å². The molecule has 0 aromatic rings. The van der Waals surface area contributed by atoms with Gasteiger partial charge in [-0.3, -0.25) is 0 Å². The van der Waals surface area contributed by atoms with Gasteiger partial charge in [0.25, 0.3) is 0 Å². The SMILES string of the molecule is C=CN1C=CN(C)C1.[I-]. The Morgan fingerprint density at radius 3 is 2.44 bits per heavy atom. The fourth-order valence-corrected chi connectivity index (χ4v) is 0.670. The first-order chi connectivity index (χ1) is 3.83. The van der Waals surface area contributed by atoms with Gasteiger partial charge in [0.15, 0.2) is 0 Å². The van der Waals surface area contributed by atoms with Crippen molar-refractivity contribution in [2.24, 2.45) is 0 Å². The summed E-state index contributed by atoms with van der Waals surface area (Å²) in [6, 6.07) is 0. The zero-order chi connectivity index (χ0) is 5.98. The van der Waals surface area contributed by atoms with E-state index in [1.807, 2.05) is 24.3 Å². The first-order valence-corrected chi connectivity index (χ1v) is 2.60. The summed E-state index contributed by atoms with van der Waals surface area (Å²) in [6.07, 6.45) is 5.81. The summed E-state index contributed by atoms with van der Waals surface area (Å²) in [4.78, 5) is 4.10. The molecule has 0 atom stereocenters. The normalized spacial score (nSPS) is 15.7. The van der Waals surface area contributed by atoms with Crippen molar-refractivity contribution in [2.45, 2.75) is 0 Å². The first-order valence-electron chi connectivity index (χ1n) is 2.60. The Kier molecular flexibility index (Phi) is 3.68. The van der Waals surface area contributed by atoms with Crippen LogP contribution in [0.3, 0.4) is 0 Å². The zero-order valence-corrected chi connectivity index (χ0v) is 7.58. The van der Waals surface area contributed by atoms with Gasteiger partial charge in [-0.25, -0.2) is 0 Å². The van der Waals surface area contributed by atoms with Crippen molar-refractivity contribution < 1.29 is 24.0 Å². The number of hydrogen-bond donors (Lipinski definition) is 0. The maximum Gasteiger partial charge on any atom is 0.0932 e. The molecule has 0 aromatic carbocycles. The van der Waals surface area contributed by atoms with Crippen LogP contribution in [0.5, 0.6) is 0 Å². The topological polar surface area (TPSA) is 6.48 Å². The molecule has 0 amide bonds. The smallest absolute Gasteiger partial charge is 0.0932 e. The molecule has 0 fully saturated rings. The monoisotopic (exact) mass is 237 g/mol. The minimum atomic E-state index is 0. The first kappa shape index (κ1) is 8.81. The molecule has 1 rings (SSSR count). The predicted molar refractivity (Wildman–Crippen MR) is 33.8 cm³/mol. The summed E-state index contributed by atoms with van der Waals surface area (Å²) in [5.41, 5.74) is 0. The lowest BCUT2D eigenvalue weighted by Gasteiger charge is -2.11. The van der Waals surface area contributed by atoms with Crippen molar-refractivity contribution in [2.75, 3.05) is 13.7 Å². The van der Waals surface area contributed by atoms with Crippen molar-refractivity contribution in [3.05, 3.63) is 25.2 Å². The van der Waals surface area contributed by atoms with Crippen LogP contribution in [0.1, 0.15) is 0 Å². The van der Waals surface area contributed by atoms with Gasteiger partial charge in [0.1, 0.15) is 0 Å². The Bertz CT molecular complexity index is 122. The highest BCUT2D eigenvalue weighted by atomic mass is 127. The van der Waals surface area contributed by atoms with E-state index in [-0.39, 0.29) is 24.0 Å². The van der Waals surface area contributed by atoms with Crippen LogP contribution in [-0.4, -0.2) is 23.5 Å². The lowest BCUT2D eigenvalue weighted by Crippen LogP contribution is -3.00. The van der Waals surface area contributed by atoms with Crippen LogP contribution in [0.2, 0.25) is 0 Å². The van der Waals surface area contributed by atoms with Crippen LogP contribution in [0.4, 0.5) is 0 Å². The molecular weight excluding hydrogens is 227 g/mol. The summed E-state index contributed by atoms with van der Waals surface area (Å²) in [7, 11) is 2.03. The second kappa shape index (κ2) is 3.76. The number of nitrogens with zero attached hydrogens (tertiary/aromatic N) is 2. The predicted octanol–water partition coefficient (Wildman–Crippen LogP) is -2.19. The van der Waals surface area contributed by atoms with E-state index in [1.165, 1.54) is 0 Å². The summed E-state index contributed by atoms with van der Waals surface area (Å²) in [5.74, 6) is 0. The molecule has 0 aromatic heterocycles. The summed E-state index contributed by atoms with van der Waals surface area (Å²) in [5, 5.41) is 0. The highest BCUT2D eigenvalue weighted by molar-refractivity contribution is 4.93. The Balaban J connectivity index is 0.000000640. The fourth-order valence-electron chi connectivity index (χ4n) is 0.670. The van der Waals surface area contributed by atoms with Crippen LogP contribution in [0, 0.1) is 0 Å². The molecule has 1 aliphatic rings. The standard InChI is InChI=1S/C6H10N2.HI/c1-3-8-5-4-7(2)6-8;/h3-5H,1,6H2,2H3;1H/p-1. The van der Waals surface area contributed by atoms with Crippen molar-refractivity contribution >= 4 is 0 Å². The van der Waals surface area contributed by atoms with Gasteiger partial charge in [-0.15, -0.1) is 0 Å². The number of halogens is 1. The third-order valence-electron chi connectivity index (χ3n) is 1.13. The van der Waals surface area contributed by atoms with Gasteiger partial charge in [-0.1, -0.05) is 6.58 Å². The Morgan fingerprint density at radius 2 is 2.22 bits per heavy atom. The molecule has 0 radical (unpaired) electrons. The van der Waals surface area contributed by atoms with Crippen LogP contribution in [-0.2, 0) is 0 Å². The summed E-state index contributed by atoms with van der Waals surface area (Å²) in [6.45, 7) is 4.56. The van der Waals surface area contributed by atoms with E-state index < -0.39 is 0 Å².